The summed E-state index contributed by atoms with van der Waals surface area (Å²) in [6.45, 7) is 7.43. The van der Waals surface area contributed by atoms with Gasteiger partial charge in [0.1, 0.15) is 0 Å². The molecule has 0 aromatic carbocycles. The van der Waals surface area contributed by atoms with Gasteiger partial charge in [0, 0.05) is 12.6 Å². The van der Waals surface area contributed by atoms with Crippen LogP contribution in [-0.4, -0.2) is 36.7 Å². The first-order valence-corrected chi connectivity index (χ1v) is 4.77. The molecule has 4 nitrogen and oxygen atoms in total. The van der Waals surface area contributed by atoms with Gasteiger partial charge in [-0.25, -0.2) is 4.79 Å². The number of nitrogens with two attached hydrogens (primary N) is 1. The van der Waals surface area contributed by atoms with Gasteiger partial charge < -0.3 is 15.4 Å². The molecule has 0 unspecified atom stereocenters. The van der Waals surface area contributed by atoms with Crippen LogP contribution in [0.25, 0.3) is 0 Å². The zero-order chi connectivity index (χ0) is 10.3. The fourth-order valence-corrected chi connectivity index (χ4v) is 1.03. The van der Waals surface area contributed by atoms with Crippen molar-refractivity contribution in [1.82, 2.24) is 4.90 Å². The average Bonchev–Trinajstić information content (AvgIpc) is 2.05. The van der Waals surface area contributed by atoms with Crippen molar-refractivity contribution < 1.29 is 9.53 Å². The molecule has 0 radical (unpaired) electrons. The van der Waals surface area contributed by atoms with E-state index in [1.54, 1.807) is 11.8 Å². The average molecular weight is 188 g/mol. The van der Waals surface area contributed by atoms with Crippen LogP contribution in [0.3, 0.4) is 0 Å². The molecule has 0 atom stereocenters. The summed E-state index contributed by atoms with van der Waals surface area (Å²) in [7, 11) is 0. The van der Waals surface area contributed by atoms with Crippen molar-refractivity contribution in [2.24, 2.45) is 5.73 Å². The summed E-state index contributed by atoms with van der Waals surface area (Å²) < 4.78 is 4.91. The lowest BCUT2D eigenvalue weighted by atomic mass is 10.3. The van der Waals surface area contributed by atoms with Crippen molar-refractivity contribution in [1.29, 1.82) is 0 Å². The van der Waals surface area contributed by atoms with Gasteiger partial charge >= 0.3 is 6.09 Å². The third-order valence-electron chi connectivity index (χ3n) is 1.73. The lowest BCUT2D eigenvalue weighted by Gasteiger charge is -2.25. The Morgan fingerprint density at radius 2 is 2.15 bits per heavy atom. The summed E-state index contributed by atoms with van der Waals surface area (Å²) in [5, 5.41) is 0. The molecule has 0 saturated carbocycles. The predicted octanol–water partition coefficient (Wildman–Crippen LogP) is 1.20. The second-order valence-electron chi connectivity index (χ2n) is 3.13. The maximum absolute atomic E-state index is 11.4. The smallest absolute Gasteiger partial charge is 0.409 e. The normalized spacial score (nSPS) is 10.2. The zero-order valence-corrected chi connectivity index (χ0v) is 8.75. The number of carbonyl (C=O) groups is 1. The van der Waals surface area contributed by atoms with Crippen molar-refractivity contribution in [2.45, 2.75) is 33.2 Å². The van der Waals surface area contributed by atoms with E-state index in [9.17, 15) is 4.79 Å². The van der Waals surface area contributed by atoms with Crippen molar-refractivity contribution >= 4 is 6.09 Å². The molecule has 0 saturated heterocycles. The molecule has 4 heteroatoms. The monoisotopic (exact) mass is 188 g/mol. The predicted molar refractivity (Wildman–Crippen MR) is 52.5 cm³/mol. The Morgan fingerprint density at radius 3 is 2.54 bits per heavy atom. The summed E-state index contributed by atoms with van der Waals surface area (Å²) in [6, 6.07) is 0.172. The standard InChI is InChI=1S/C9H20N2O2/c1-4-13-9(12)11(8(2)3)7-5-6-10/h8H,4-7,10H2,1-3H3. The highest BCUT2D eigenvalue weighted by Gasteiger charge is 2.16. The molecule has 0 aliphatic rings. The highest BCUT2D eigenvalue weighted by atomic mass is 16.6. The largest absolute Gasteiger partial charge is 0.450 e. The van der Waals surface area contributed by atoms with Gasteiger partial charge in [-0.15, -0.1) is 0 Å². The van der Waals surface area contributed by atoms with Crippen LogP contribution < -0.4 is 5.73 Å². The molecule has 0 aliphatic carbocycles. The van der Waals surface area contributed by atoms with Crippen LogP contribution in [0.15, 0.2) is 0 Å². The number of amides is 1. The van der Waals surface area contributed by atoms with E-state index in [0.717, 1.165) is 6.42 Å². The Balaban J connectivity index is 3.99. The summed E-state index contributed by atoms with van der Waals surface area (Å²) in [5.41, 5.74) is 5.37. The molecule has 2 N–H and O–H groups in total. The second-order valence-corrected chi connectivity index (χ2v) is 3.13. The molecule has 0 aliphatic heterocycles. The van der Waals surface area contributed by atoms with E-state index in [-0.39, 0.29) is 12.1 Å². The molecule has 0 heterocycles. The third kappa shape index (κ3) is 4.72. The van der Waals surface area contributed by atoms with E-state index in [2.05, 4.69) is 0 Å². The minimum Gasteiger partial charge on any atom is -0.450 e. The highest BCUT2D eigenvalue weighted by Crippen LogP contribution is 2.02. The third-order valence-corrected chi connectivity index (χ3v) is 1.73. The first kappa shape index (κ1) is 12.2. The summed E-state index contributed by atoms with van der Waals surface area (Å²) in [4.78, 5) is 13.0. The second kappa shape index (κ2) is 6.71. The highest BCUT2D eigenvalue weighted by molar-refractivity contribution is 5.67. The lowest BCUT2D eigenvalue weighted by Crippen LogP contribution is -2.38. The Hall–Kier alpha value is -0.770. The molecule has 78 valence electrons. The Labute approximate surface area is 80.0 Å². The van der Waals surface area contributed by atoms with Crippen molar-refractivity contribution in [3.63, 3.8) is 0 Å². The van der Waals surface area contributed by atoms with E-state index in [1.807, 2.05) is 13.8 Å². The lowest BCUT2D eigenvalue weighted by molar-refractivity contribution is 0.0958. The van der Waals surface area contributed by atoms with Crippen LogP contribution in [-0.2, 0) is 4.74 Å². The van der Waals surface area contributed by atoms with Gasteiger partial charge in [0.15, 0.2) is 0 Å². The van der Waals surface area contributed by atoms with Gasteiger partial charge in [-0.1, -0.05) is 0 Å². The SMILES string of the molecule is CCOC(=O)N(CCCN)C(C)C. The molecule has 0 fully saturated rings. The maximum atomic E-state index is 11.4. The van der Waals surface area contributed by atoms with Gasteiger partial charge in [0.05, 0.1) is 6.61 Å². The van der Waals surface area contributed by atoms with Gasteiger partial charge in [-0.2, -0.15) is 0 Å². The van der Waals surface area contributed by atoms with Gasteiger partial charge in [0.2, 0.25) is 0 Å². The summed E-state index contributed by atoms with van der Waals surface area (Å²) in [5.74, 6) is 0. The molecular weight excluding hydrogens is 168 g/mol. The van der Waals surface area contributed by atoms with Gasteiger partial charge in [0.25, 0.3) is 0 Å². The molecule has 13 heavy (non-hydrogen) atoms. The van der Waals surface area contributed by atoms with E-state index >= 15 is 0 Å². The molecule has 0 aromatic rings. The fourth-order valence-electron chi connectivity index (χ4n) is 1.03. The van der Waals surface area contributed by atoms with Crippen LogP contribution in [0, 0.1) is 0 Å². The molecule has 0 spiro atoms. The van der Waals surface area contributed by atoms with Crippen LogP contribution in [0.1, 0.15) is 27.2 Å². The van der Waals surface area contributed by atoms with Crippen molar-refractivity contribution in [3.8, 4) is 0 Å². The first-order valence-electron chi connectivity index (χ1n) is 4.77. The number of ether oxygens (including phenoxy) is 1. The van der Waals surface area contributed by atoms with E-state index in [0.29, 0.717) is 19.7 Å². The van der Waals surface area contributed by atoms with Crippen LogP contribution >= 0.6 is 0 Å². The number of hydrogen-bond donors (Lipinski definition) is 1. The first-order chi connectivity index (χ1) is 6.13. The number of hydrogen-bond acceptors (Lipinski definition) is 3. The Kier molecular flexibility index (Phi) is 6.32. The molecule has 1 amide bonds. The van der Waals surface area contributed by atoms with E-state index in [1.165, 1.54) is 0 Å². The number of nitrogens with zero attached hydrogens (tertiary/aromatic N) is 1. The van der Waals surface area contributed by atoms with Crippen LogP contribution in [0.2, 0.25) is 0 Å². The minimum atomic E-state index is -0.244. The van der Waals surface area contributed by atoms with E-state index in [4.69, 9.17) is 10.5 Å². The number of rotatable bonds is 5. The quantitative estimate of drug-likeness (QED) is 0.705. The Morgan fingerprint density at radius 1 is 1.54 bits per heavy atom. The molecule has 0 aromatic heterocycles. The van der Waals surface area contributed by atoms with Crippen molar-refractivity contribution in [2.75, 3.05) is 19.7 Å². The molecule has 0 bridgehead atoms. The zero-order valence-electron chi connectivity index (χ0n) is 8.75. The molecule has 0 rings (SSSR count). The van der Waals surface area contributed by atoms with Gasteiger partial charge in [-0.3, -0.25) is 0 Å². The van der Waals surface area contributed by atoms with Crippen molar-refractivity contribution in [3.05, 3.63) is 0 Å². The Bertz CT molecular complexity index is 149. The maximum Gasteiger partial charge on any atom is 0.409 e. The minimum absolute atomic E-state index is 0.172. The number of carbonyl (C=O) groups excluding carboxylic acids is 1. The van der Waals surface area contributed by atoms with E-state index < -0.39 is 0 Å². The summed E-state index contributed by atoms with van der Waals surface area (Å²) in [6.07, 6.45) is 0.572. The fraction of sp³-hybridized carbons (Fsp3) is 0.889. The van der Waals surface area contributed by atoms with Gasteiger partial charge in [-0.05, 0) is 33.7 Å². The van der Waals surface area contributed by atoms with Crippen LogP contribution in [0.5, 0.6) is 0 Å². The summed E-state index contributed by atoms with van der Waals surface area (Å²) >= 11 is 0. The molecular formula is C9H20N2O2. The topological polar surface area (TPSA) is 55.6 Å². The van der Waals surface area contributed by atoms with Crippen LogP contribution in [0.4, 0.5) is 4.79 Å².